The summed E-state index contributed by atoms with van der Waals surface area (Å²) in [4.78, 5) is 11.4. The van der Waals surface area contributed by atoms with Gasteiger partial charge in [-0.15, -0.1) is 11.6 Å². The molecule has 1 aliphatic rings. The van der Waals surface area contributed by atoms with E-state index in [1.165, 1.54) is 6.20 Å². The first kappa shape index (κ1) is 14.8. The summed E-state index contributed by atoms with van der Waals surface area (Å²) in [5, 5.41) is 14.0. The van der Waals surface area contributed by atoms with E-state index in [0.717, 1.165) is 0 Å². The van der Waals surface area contributed by atoms with Gasteiger partial charge in [-0.05, 0) is 6.42 Å². The molecule has 1 amide bonds. The standard InChI is InChI=1S/C10H14ClN3O3S/c11-2-3-13-10(15)8(5-12)6-14-9-1-4-18(16,17)7-9/h6,9,14H,1-4,7H2,(H,13,15)/b8-6-. The van der Waals surface area contributed by atoms with Crippen LogP contribution < -0.4 is 10.6 Å². The minimum atomic E-state index is -2.98. The predicted molar refractivity (Wildman–Crippen MR) is 67.6 cm³/mol. The Kier molecular flexibility index (Phi) is 5.44. The highest BCUT2D eigenvalue weighted by Crippen LogP contribution is 2.11. The molecular formula is C10H14ClN3O3S. The number of amides is 1. The number of nitrogens with one attached hydrogen (secondary N) is 2. The van der Waals surface area contributed by atoms with Crippen molar-refractivity contribution in [3.8, 4) is 6.07 Å². The fourth-order valence-corrected chi connectivity index (χ4v) is 3.31. The van der Waals surface area contributed by atoms with Crippen molar-refractivity contribution in [1.82, 2.24) is 10.6 Å². The average molecular weight is 292 g/mol. The van der Waals surface area contributed by atoms with Gasteiger partial charge in [-0.2, -0.15) is 5.26 Å². The molecule has 1 fully saturated rings. The fourth-order valence-electron chi connectivity index (χ4n) is 1.53. The molecule has 18 heavy (non-hydrogen) atoms. The Labute approximate surface area is 111 Å². The first-order valence-electron chi connectivity index (χ1n) is 5.39. The quantitative estimate of drug-likeness (QED) is 0.405. The molecule has 0 aromatic heterocycles. The van der Waals surface area contributed by atoms with Gasteiger partial charge in [0.1, 0.15) is 11.6 Å². The molecule has 1 atom stereocenters. The number of rotatable bonds is 5. The third-order valence-corrected chi connectivity index (χ3v) is 4.40. The Hall–Kier alpha value is -1.26. The predicted octanol–water partition coefficient (Wildman–Crippen LogP) is -0.474. The first-order valence-corrected chi connectivity index (χ1v) is 7.75. The van der Waals surface area contributed by atoms with Crippen molar-refractivity contribution in [2.75, 3.05) is 23.9 Å². The molecule has 1 heterocycles. The SMILES string of the molecule is N#C/C(=C/NC1CCS(=O)(=O)C1)C(=O)NCCCl. The molecule has 100 valence electrons. The van der Waals surface area contributed by atoms with E-state index in [1.54, 1.807) is 6.07 Å². The van der Waals surface area contributed by atoms with Crippen LogP contribution in [0, 0.1) is 11.3 Å². The molecule has 0 aromatic carbocycles. The number of carbonyl (C=O) groups is 1. The lowest BCUT2D eigenvalue weighted by molar-refractivity contribution is -0.117. The molecule has 8 heteroatoms. The van der Waals surface area contributed by atoms with E-state index < -0.39 is 15.7 Å². The third-order valence-electron chi connectivity index (χ3n) is 2.44. The minimum Gasteiger partial charge on any atom is -0.386 e. The van der Waals surface area contributed by atoms with Crippen LogP contribution in [-0.4, -0.2) is 44.3 Å². The second-order valence-electron chi connectivity index (χ2n) is 3.88. The van der Waals surface area contributed by atoms with Crippen molar-refractivity contribution in [2.24, 2.45) is 0 Å². The first-order chi connectivity index (χ1) is 8.48. The highest BCUT2D eigenvalue weighted by Gasteiger charge is 2.27. The average Bonchev–Trinajstić information content (AvgIpc) is 2.67. The van der Waals surface area contributed by atoms with Gasteiger partial charge < -0.3 is 10.6 Å². The molecule has 1 aliphatic heterocycles. The molecule has 6 nitrogen and oxygen atoms in total. The summed E-state index contributed by atoms with van der Waals surface area (Å²) in [6, 6.07) is 1.51. The summed E-state index contributed by atoms with van der Waals surface area (Å²) < 4.78 is 22.4. The summed E-state index contributed by atoms with van der Waals surface area (Å²) in [5.41, 5.74) is -0.0931. The van der Waals surface area contributed by atoms with E-state index >= 15 is 0 Å². The van der Waals surface area contributed by atoms with E-state index in [1.807, 2.05) is 0 Å². The van der Waals surface area contributed by atoms with Crippen LogP contribution in [0.5, 0.6) is 0 Å². The molecule has 1 rings (SSSR count). The van der Waals surface area contributed by atoms with Gasteiger partial charge in [0.15, 0.2) is 9.84 Å². The zero-order valence-corrected chi connectivity index (χ0v) is 11.2. The summed E-state index contributed by atoms with van der Waals surface area (Å²) in [6.07, 6.45) is 1.75. The van der Waals surface area contributed by atoms with E-state index in [2.05, 4.69) is 10.6 Å². The number of nitriles is 1. The highest BCUT2D eigenvalue weighted by molar-refractivity contribution is 7.91. The highest BCUT2D eigenvalue weighted by atomic mass is 35.5. The van der Waals surface area contributed by atoms with Crippen molar-refractivity contribution < 1.29 is 13.2 Å². The van der Waals surface area contributed by atoms with Crippen molar-refractivity contribution >= 4 is 27.3 Å². The van der Waals surface area contributed by atoms with Crippen molar-refractivity contribution in [3.63, 3.8) is 0 Å². The molecule has 0 radical (unpaired) electrons. The van der Waals surface area contributed by atoms with Gasteiger partial charge >= 0.3 is 0 Å². The molecule has 0 saturated carbocycles. The van der Waals surface area contributed by atoms with E-state index in [-0.39, 0.29) is 35.5 Å². The number of hydrogen-bond acceptors (Lipinski definition) is 5. The lowest BCUT2D eigenvalue weighted by Gasteiger charge is -2.08. The Balaban J connectivity index is 2.54. The minimum absolute atomic E-state index is 0.0332. The van der Waals surface area contributed by atoms with Gasteiger partial charge in [-0.3, -0.25) is 4.79 Å². The van der Waals surface area contributed by atoms with Crippen LogP contribution >= 0.6 is 11.6 Å². The van der Waals surface area contributed by atoms with Gasteiger partial charge in [-0.25, -0.2) is 8.42 Å². The van der Waals surface area contributed by atoms with E-state index in [4.69, 9.17) is 16.9 Å². The number of hydrogen-bond donors (Lipinski definition) is 2. The molecule has 2 N–H and O–H groups in total. The van der Waals surface area contributed by atoms with Crippen LogP contribution in [0.2, 0.25) is 0 Å². The van der Waals surface area contributed by atoms with Crippen LogP contribution in [0.25, 0.3) is 0 Å². The molecular weight excluding hydrogens is 278 g/mol. The zero-order valence-electron chi connectivity index (χ0n) is 9.65. The Bertz CT molecular complexity index is 481. The maximum absolute atomic E-state index is 11.4. The Morgan fingerprint density at radius 2 is 2.28 bits per heavy atom. The molecule has 0 aromatic rings. The topological polar surface area (TPSA) is 99.1 Å². The van der Waals surface area contributed by atoms with Gasteiger partial charge in [0.25, 0.3) is 5.91 Å². The van der Waals surface area contributed by atoms with Crippen LogP contribution in [0.15, 0.2) is 11.8 Å². The number of nitrogens with zero attached hydrogens (tertiary/aromatic N) is 1. The molecule has 1 unspecified atom stereocenters. The smallest absolute Gasteiger partial charge is 0.263 e. The second kappa shape index (κ2) is 6.61. The van der Waals surface area contributed by atoms with Gasteiger partial charge in [0, 0.05) is 24.7 Å². The maximum Gasteiger partial charge on any atom is 0.263 e. The number of sulfone groups is 1. The van der Waals surface area contributed by atoms with Crippen LogP contribution in [0.1, 0.15) is 6.42 Å². The normalized spacial score (nSPS) is 22.2. The Morgan fingerprint density at radius 1 is 1.56 bits per heavy atom. The zero-order chi connectivity index (χ0) is 13.6. The summed E-state index contributed by atoms with van der Waals surface area (Å²) in [6.45, 7) is 0.275. The number of halogens is 1. The van der Waals surface area contributed by atoms with Crippen LogP contribution in [-0.2, 0) is 14.6 Å². The molecule has 0 spiro atoms. The summed E-state index contributed by atoms with van der Waals surface area (Å²) >= 11 is 5.41. The second-order valence-corrected chi connectivity index (χ2v) is 6.49. The Morgan fingerprint density at radius 3 is 2.78 bits per heavy atom. The van der Waals surface area contributed by atoms with Crippen molar-refractivity contribution in [1.29, 1.82) is 5.26 Å². The number of alkyl halides is 1. The third kappa shape index (κ3) is 4.55. The maximum atomic E-state index is 11.4. The fraction of sp³-hybridized carbons (Fsp3) is 0.600. The largest absolute Gasteiger partial charge is 0.386 e. The molecule has 0 bridgehead atoms. The lowest BCUT2D eigenvalue weighted by atomic mass is 10.2. The summed E-state index contributed by atoms with van der Waals surface area (Å²) in [5.74, 6) is -0.0881. The van der Waals surface area contributed by atoms with Gasteiger partial charge in [0.2, 0.25) is 0 Å². The van der Waals surface area contributed by atoms with E-state index in [0.29, 0.717) is 6.42 Å². The monoisotopic (exact) mass is 291 g/mol. The van der Waals surface area contributed by atoms with Gasteiger partial charge in [-0.1, -0.05) is 0 Å². The molecule has 1 saturated heterocycles. The number of carbonyl (C=O) groups excluding carboxylic acids is 1. The van der Waals surface area contributed by atoms with Crippen LogP contribution in [0.4, 0.5) is 0 Å². The lowest BCUT2D eigenvalue weighted by Crippen LogP contribution is -2.30. The van der Waals surface area contributed by atoms with Crippen LogP contribution in [0.3, 0.4) is 0 Å². The van der Waals surface area contributed by atoms with E-state index in [9.17, 15) is 13.2 Å². The summed E-state index contributed by atoms with van der Waals surface area (Å²) in [7, 11) is -2.98. The van der Waals surface area contributed by atoms with Gasteiger partial charge in [0.05, 0.1) is 11.5 Å². The van der Waals surface area contributed by atoms with Crippen molar-refractivity contribution in [2.45, 2.75) is 12.5 Å². The van der Waals surface area contributed by atoms with Crippen molar-refractivity contribution in [3.05, 3.63) is 11.8 Å². The molecule has 0 aliphatic carbocycles.